The van der Waals surface area contributed by atoms with Crippen LogP contribution in [0.25, 0.3) is 0 Å². The Morgan fingerprint density at radius 2 is 2.13 bits per heavy atom. The zero-order valence-electron chi connectivity index (χ0n) is 13.1. The van der Waals surface area contributed by atoms with Gasteiger partial charge in [-0.15, -0.1) is 0 Å². The van der Waals surface area contributed by atoms with E-state index in [-0.39, 0.29) is 12.0 Å². The number of hydrogen-bond acceptors (Lipinski definition) is 4. The maximum Gasteiger partial charge on any atom is 0.223 e. The van der Waals surface area contributed by atoms with Gasteiger partial charge in [0.25, 0.3) is 0 Å². The van der Waals surface area contributed by atoms with Crippen molar-refractivity contribution < 1.29 is 9.53 Å². The summed E-state index contributed by atoms with van der Waals surface area (Å²) in [5.74, 6) is 0.772. The maximum atomic E-state index is 12.4. The largest absolute Gasteiger partial charge is 0.472 e. The third-order valence-corrected chi connectivity index (χ3v) is 4.04. The van der Waals surface area contributed by atoms with Gasteiger partial charge in [-0.1, -0.05) is 30.3 Å². The Hall–Kier alpha value is -2.43. The number of piperidine rings is 1. The zero-order valence-corrected chi connectivity index (χ0v) is 13.1. The van der Waals surface area contributed by atoms with Crippen molar-refractivity contribution in [3.63, 3.8) is 0 Å². The molecule has 1 saturated heterocycles. The molecule has 23 heavy (non-hydrogen) atoms. The van der Waals surface area contributed by atoms with Crippen LogP contribution in [0.3, 0.4) is 0 Å². The molecule has 0 N–H and O–H groups in total. The fourth-order valence-corrected chi connectivity index (χ4v) is 2.83. The lowest BCUT2D eigenvalue weighted by Gasteiger charge is -2.32. The number of hydrogen-bond donors (Lipinski definition) is 0. The summed E-state index contributed by atoms with van der Waals surface area (Å²) in [6, 6.07) is 11.9. The fourth-order valence-electron chi connectivity index (χ4n) is 2.83. The summed E-state index contributed by atoms with van der Waals surface area (Å²) in [4.78, 5) is 22.3. The number of ether oxygens (including phenoxy) is 1. The molecule has 2 aromatic rings. The lowest BCUT2D eigenvalue weighted by molar-refractivity contribution is -0.133. The maximum absolute atomic E-state index is 12.4. The third-order valence-electron chi connectivity index (χ3n) is 4.04. The van der Waals surface area contributed by atoms with Crippen LogP contribution in [-0.4, -0.2) is 40.0 Å². The van der Waals surface area contributed by atoms with E-state index < -0.39 is 0 Å². The van der Waals surface area contributed by atoms with Gasteiger partial charge in [-0.2, -0.15) is 0 Å². The molecular weight excluding hydrogens is 290 g/mol. The average Bonchev–Trinajstić information content (AvgIpc) is 2.62. The molecule has 1 fully saturated rings. The number of rotatable bonds is 5. The molecular formula is C18H21N3O2. The van der Waals surface area contributed by atoms with E-state index in [1.807, 2.05) is 23.1 Å². The molecule has 0 bridgehead atoms. The molecule has 1 aliphatic rings. The van der Waals surface area contributed by atoms with Gasteiger partial charge >= 0.3 is 0 Å². The van der Waals surface area contributed by atoms with Crippen LogP contribution in [-0.2, 0) is 11.2 Å². The average molecular weight is 311 g/mol. The van der Waals surface area contributed by atoms with Crippen LogP contribution < -0.4 is 4.74 Å². The second-order valence-corrected chi connectivity index (χ2v) is 5.76. The highest BCUT2D eigenvalue weighted by Crippen LogP contribution is 2.17. The highest BCUT2D eigenvalue weighted by Gasteiger charge is 2.24. The molecule has 0 radical (unpaired) electrons. The van der Waals surface area contributed by atoms with Crippen molar-refractivity contribution >= 4 is 5.91 Å². The molecule has 120 valence electrons. The van der Waals surface area contributed by atoms with E-state index >= 15 is 0 Å². The minimum absolute atomic E-state index is 0.0133. The Morgan fingerprint density at radius 3 is 2.91 bits per heavy atom. The van der Waals surface area contributed by atoms with Crippen LogP contribution in [0.4, 0.5) is 0 Å². The van der Waals surface area contributed by atoms with Crippen LogP contribution in [0.5, 0.6) is 5.88 Å². The second kappa shape index (κ2) is 7.72. The number of aromatic nitrogens is 2. The first kappa shape index (κ1) is 15.5. The van der Waals surface area contributed by atoms with Gasteiger partial charge in [-0.25, -0.2) is 9.97 Å². The van der Waals surface area contributed by atoms with Crippen molar-refractivity contribution in [3.05, 3.63) is 54.5 Å². The van der Waals surface area contributed by atoms with Crippen molar-refractivity contribution in [2.45, 2.75) is 31.8 Å². The van der Waals surface area contributed by atoms with Crippen molar-refractivity contribution in [1.29, 1.82) is 0 Å². The SMILES string of the molecule is O=C(CCc1ccccc1)N1CCCC(Oc2ccncn2)C1. The Labute approximate surface area is 136 Å². The van der Waals surface area contributed by atoms with E-state index in [0.717, 1.165) is 25.8 Å². The monoisotopic (exact) mass is 311 g/mol. The van der Waals surface area contributed by atoms with Gasteiger partial charge in [-0.3, -0.25) is 4.79 Å². The number of amides is 1. The molecule has 1 aromatic heterocycles. The first-order chi connectivity index (χ1) is 11.3. The predicted octanol–water partition coefficient (Wildman–Crippen LogP) is 2.48. The first-order valence-electron chi connectivity index (χ1n) is 8.05. The van der Waals surface area contributed by atoms with Crippen molar-refractivity contribution in [2.24, 2.45) is 0 Å². The number of carbonyl (C=O) groups is 1. The minimum atomic E-state index is 0.0133. The third kappa shape index (κ3) is 4.52. The summed E-state index contributed by atoms with van der Waals surface area (Å²) < 4.78 is 5.85. The van der Waals surface area contributed by atoms with Crippen LogP contribution in [0, 0.1) is 0 Å². The Bertz CT molecular complexity index is 619. The predicted molar refractivity (Wildman–Crippen MR) is 87.0 cm³/mol. The van der Waals surface area contributed by atoms with Crippen molar-refractivity contribution in [1.82, 2.24) is 14.9 Å². The minimum Gasteiger partial charge on any atom is -0.472 e. The van der Waals surface area contributed by atoms with E-state index in [4.69, 9.17) is 4.74 Å². The standard InChI is InChI=1S/C18H21N3O2/c22-18(9-8-15-5-2-1-3-6-15)21-12-4-7-16(13-21)23-17-10-11-19-14-20-17/h1-3,5-6,10-11,14,16H,4,7-9,12-13H2. The molecule has 1 aliphatic heterocycles. The van der Waals surface area contributed by atoms with Gasteiger partial charge in [-0.05, 0) is 24.8 Å². The lowest BCUT2D eigenvalue weighted by atomic mass is 10.1. The molecule has 2 heterocycles. The lowest BCUT2D eigenvalue weighted by Crippen LogP contribution is -2.44. The van der Waals surface area contributed by atoms with Crippen LogP contribution in [0.15, 0.2) is 48.9 Å². The van der Waals surface area contributed by atoms with Crippen molar-refractivity contribution in [3.8, 4) is 5.88 Å². The number of aryl methyl sites for hydroxylation is 1. The van der Waals surface area contributed by atoms with Crippen LogP contribution in [0.2, 0.25) is 0 Å². The molecule has 1 aromatic carbocycles. The zero-order chi connectivity index (χ0) is 15.9. The van der Waals surface area contributed by atoms with Gasteiger partial charge in [0.2, 0.25) is 11.8 Å². The molecule has 3 rings (SSSR count). The number of carbonyl (C=O) groups excluding carboxylic acids is 1. The molecule has 0 saturated carbocycles. The topological polar surface area (TPSA) is 55.3 Å². The number of likely N-dealkylation sites (tertiary alicyclic amines) is 1. The van der Waals surface area contributed by atoms with Crippen LogP contribution >= 0.6 is 0 Å². The fraction of sp³-hybridized carbons (Fsp3) is 0.389. The van der Waals surface area contributed by atoms with E-state index in [0.29, 0.717) is 18.8 Å². The summed E-state index contributed by atoms with van der Waals surface area (Å²) in [5, 5.41) is 0. The smallest absolute Gasteiger partial charge is 0.223 e. The first-order valence-corrected chi connectivity index (χ1v) is 8.05. The second-order valence-electron chi connectivity index (χ2n) is 5.76. The van der Waals surface area contributed by atoms with Gasteiger partial charge in [0, 0.05) is 25.2 Å². The molecule has 1 amide bonds. The highest BCUT2D eigenvalue weighted by atomic mass is 16.5. The van der Waals surface area contributed by atoms with Crippen LogP contribution in [0.1, 0.15) is 24.8 Å². The molecule has 5 heteroatoms. The quantitative estimate of drug-likeness (QED) is 0.851. The van der Waals surface area contributed by atoms with E-state index in [2.05, 4.69) is 22.1 Å². The van der Waals surface area contributed by atoms with Gasteiger partial charge in [0.05, 0.1) is 6.54 Å². The summed E-state index contributed by atoms with van der Waals surface area (Å²) in [6.45, 7) is 1.45. The highest BCUT2D eigenvalue weighted by molar-refractivity contribution is 5.76. The number of nitrogens with zero attached hydrogens (tertiary/aromatic N) is 3. The molecule has 0 spiro atoms. The van der Waals surface area contributed by atoms with Crippen molar-refractivity contribution in [2.75, 3.05) is 13.1 Å². The summed E-state index contributed by atoms with van der Waals surface area (Å²) in [5.41, 5.74) is 1.20. The Morgan fingerprint density at radius 1 is 1.26 bits per heavy atom. The molecule has 5 nitrogen and oxygen atoms in total. The number of benzene rings is 1. The van der Waals surface area contributed by atoms with E-state index in [1.165, 1.54) is 11.9 Å². The van der Waals surface area contributed by atoms with Gasteiger partial charge < -0.3 is 9.64 Å². The Balaban J connectivity index is 1.50. The van der Waals surface area contributed by atoms with Gasteiger partial charge in [0.1, 0.15) is 12.4 Å². The molecule has 0 aliphatic carbocycles. The van der Waals surface area contributed by atoms with E-state index in [9.17, 15) is 4.79 Å². The van der Waals surface area contributed by atoms with Gasteiger partial charge in [0.15, 0.2) is 0 Å². The summed E-state index contributed by atoms with van der Waals surface area (Å²) in [7, 11) is 0. The summed E-state index contributed by atoms with van der Waals surface area (Å²) in [6.07, 6.45) is 6.39. The van der Waals surface area contributed by atoms with E-state index in [1.54, 1.807) is 12.3 Å². The normalized spacial score (nSPS) is 17.7. The molecule has 1 atom stereocenters. The Kier molecular flexibility index (Phi) is 5.19. The molecule has 1 unspecified atom stereocenters. The summed E-state index contributed by atoms with van der Waals surface area (Å²) >= 11 is 0.